The summed E-state index contributed by atoms with van der Waals surface area (Å²) in [6, 6.07) is 9.82. The molecule has 0 spiro atoms. The number of nitrogens with zero attached hydrogens (tertiary/aromatic N) is 1. The maximum atomic E-state index is 12.3. The minimum absolute atomic E-state index is 0.0438. The number of rotatable bonds is 7. The number of aryl methyl sites for hydroxylation is 1. The van der Waals surface area contributed by atoms with E-state index in [4.69, 9.17) is 16.3 Å². The van der Waals surface area contributed by atoms with E-state index in [-0.39, 0.29) is 11.7 Å². The van der Waals surface area contributed by atoms with Crippen molar-refractivity contribution in [1.82, 2.24) is 5.43 Å². The van der Waals surface area contributed by atoms with Crippen LogP contribution in [0.15, 0.2) is 41.5 Å². The van der Waals surface area contributed by atoms with E-state index in [1.54, 1.807) is 18.2 Å². The lowest BCUT2D eigenvalue weighted by atomic mass is 10.1. The largest absolute Gasteiger partial charge is 0.504 e. The second-order valence-corrected chi connectivity index (χ2v) is 6.17. The van der Waals surface area contributed by atoms with Gasteiger partial charge in [0.25, 0.3) is 5.91 Å². The SMILES string of the molecule is CC[C@H](Nc1ccc(Cl)cc1C)C(=O)NN=Cc1ccc(O)c(OC)c1. The molecule has 0 aromatic heterocycles. The lowest BCUT2D eigenvalue weighted by molar-refractivity contribution is -0.121. The Morgan fingerprint density at radius 1 is 1.35 bits per heavy atom. The van der Waals surface area contributed by atoms with E-state index in [0.29, 0.717) is 22.8 Å². The van der Waals surface area contributed by atoms with E-state index >= 15 is 0 Å². The van der Waals surface area contributed by atoms with Gasteiger partial charge in [-0.05, 0) is 60.9 Å². The number of hydrogen-bond acceptors (Lipinski definition) is 5. The summed E-state index contributed by atoms with van der Waals surface area (Å²) in [5.41, 5.74) is 5.03. The van der Waals surface area contributed by atoms with Crippen molar-refractivity contribution >= 4 is 29.4 Å². The monoisotopic (exact) mass is 375 g/mol. The number of ether oxygens (including phenoxy) is 1. The minimum atomic E-state index is -0.429. The summed E-state index contributed by atoms with van der Waals surface area (Å²) >= 11 is 5.96. The third kappa shape index (κ3) is 5.13. The Labute approximate surface area is 157 Å². The summed E-state index contributed by atoms with van der Waals surface area (Å²) < 4.78 is 5.04. The van der Waals surface area contributed by atoms with Gasteiger partial charge in [-0.25, -0.2) is 5.43 Å². The molecule has 7 heteroatoms. The van der Waals surface area contributed by atoms with E-state index in [1.165, 1.54) is 19.4 Å². The third-order valence-corrected chi connectivity index (χ3v) is 4.07. The van der Waals surface area contributed by atoms with Gasteiger partial charge in [-0.15, -0.1) is 0 Å². The number of methoxy groups -OCH3 is 1. The van der Waals surface area contributed by atoms with Gasteiger partial charge in [-0.2, -0.15) is 5.10 Å². The van der Waals surface area contributed by atoms with Crippen molar-refractivity contribution in [2.45, 2.75) is 26.3 Å². The van der Waals surface area contributed by atoms with Gasteiger partial charge >= 0.3 is 0 Å². The summed E-state index contributed by atoms with van der Waals surface area (Å²) in [4.78, 5) is 12.3. The fourth-order valence-electron chi connectivity index (χ4n) is 2.35. The number of halogens is 1. The maximum absolute atomic E-state index is 12.3. The molecule has 3 N–H and O–H groups in total. The summed E-state index contributed by atoms with van der Waals surface area (Å²) in [6.45, 7) is 3.84. The van der Waals surface area contributed by atoms with E-state index in [9.17, 15) is 9.90 Å². The van der Waals surface area contributed by atoms with Crippen LogP contribution in [0.2, 0.25) is 5.02 Å². The maximum Gasteiger partial charge on any atom is 0.262 e. The van der Waals surface area contributed by atoms with Crippen molar-refractivity contribution in [3.8, 4) is 11.5 Å². The average molecular weight is 376 g/mol. The number of nitrogens with one attached hydrogen (secondary N) is 2. The molecule has 2 aromatic carbocycles. The number of phenols is 1. The van der Waals surface area contributed by atoms with Gasteiger partial charge in [0.15, 0.2) is 11.5 Å². The van der Waals surface area contributed by atoms with Crippen LogP contribution in [0.3, 0.4) is 0 Å². The van der Waals surface area contributed by atoms with Crippen LogP contribution in [-0.2, 0) is 4.79 Å². The van der Waals surface area contributed by atoms with Gasteiger partial charge in [0.2, 0.25) is 0 Å². The second-order valence-electron chi connectivity index (χ2n) is 5.73. The molecule has 6 nitrogen and oxygen atoms in total. The molecule has 2 rings (SSSR count). The van der Waals surface area contributed by atoms with Crippen LogP contribution >= 0.6 is 11.6 Å². The first kappa shape index (κ1) is 19.6. The average Bonchev–Trinajstić information content (AvgIpc) is 2.62. The Bertz CT molecular complexity index is 809. The van der Waals surface area contributed by atoms with Crippen LogP contribution in [0.25, 0.3) is 0 Å². The van der Waals surface area contributed by atoms with Crippen molar-refractivity contribution in [3.63, 3.8) is 0 Å². The number of hydrazone groups is 1. The number of benzene rings is 2. The molecular weight excluding hydrogens is 354 g/mol. The van der Waals surface area contributed by atoms with Gasteiger partial charge in [0, 0.05) is 10.7 Å². The fraction of sp³-hybridized carbons (Fsp3) is 0.263. The molecule has 0 aliphatic heterocycles. The van der Waals surface area contributed by atoms with E-state index < -0.39 is 6.04 Å². The third-order valence-electron chi connectivity index (χ3n) is 3.84. The number of anilines is 1. The molecule has 0 unspecified atom stereocenters. The van der Waals surface area contributed by atoms with Crippen LogP contribution < -0.4 is 15.5 Å². The molecule has 0 saturated heterocycles. The quantitative estimate of drug-likeness (QED) is 0.509. The molecule has 0 bridgehead atoms. The summed E-state index contributed by atoms with van der Waals surface area (Å²) in [7, 11) is 1.47. The molecule has 0 aliphatic rings. The van der Waals surface area contributed by atoms with Gasteiger partial charge in [-0.3, -0.25) is 4.79 Å². The number of phenolic OH excluding ortho intramolecular Hbond substituents is 1. The van der Waals surface area contributed by atoms with Crippen LogP contribution in [0.1, 0.15) is 24.5 Å². The van der Waals surface area contributed by atoms with Crippen molar-refractivity contribution < 1.29 is 14.6 Å². The first-order chi connectivity index (χ1) is 12.4. The van der Waals surface area contributed by atoms with Gasteiger partial charge in [0.05, 0.1) is 13.3 Å². The zero-order chi connectivity index (χ0) is 19.1. The molecule has 138 valence electrons. The predicted molar refractivity (Wildman–Crippen MR) is 104 cm³/mol. The van der Waals surface area contributed by atoms with Crippen LogP contribution in [0.5, 0.6) is 11.5 Å². The first-order valence-electron chi connectivity index (χ1n) is 8.17. The van der Waals surface area contributed by atoms with Gasteiger partial charge in [0.1, 0.15) is 6.04 Å². The number of hydrogen-bond donors (Lipinski definition) is 3. The summed E-state index contributed by atoms with van der Waals surface area (Å²) in [5.74, 6) is 0.137. The first-order valence-corrected chi connectivity index (χ1v) is 8.55. The van der Waals surface area contributed by atoms with Gasteiger partial charge < -0.3 is 15.2 Å². The number of amides is 1. The highest BCUT2D eigenvalue weighted by Crippen LogP contribution is 2.25. The molecular formula is C19H22ClN3O3. The van der Waals surface area contributed by atoms with Crippen LogP contribution in [0, 0.1) is 6.92 Å². The zero-order valence-corrected chi connectivity index (χ0v) is 15.7. The Kier molecular flexibility index (Phi) is 6.86. The van der Waals surface area contributed by atoms with E-state index in [2.05, 4.69) is 15.8 Å². The van der Waals surface area contributed by atoms with E-state index in [1.807, 2.05) is 26.0 Å². The van der Waals surface area contributed by atoms with Crippen LogP contribution in [-0.4, -0.2) is 30.4 Å². The lowest BCUT2D eigenvalue weighted by Gasteiger charge is -2.18. The van der Waals surface area contributed by atoms with Crippen LogP contribution in [0.4, 0.5) is 5.69 Å². The molecule has 26 heavy (non-hydrogen) atoms. The van der Waals surface area contributed by atoms with Gasteiger partial charge in [-0.1, -0.05) is 18.5 Å². The molecule has 1 amide bonds. The Morgan fingerprint density at radius 3 is 2.77 bits per heavy atom. The fourth-order valence-corrected chi connectivity index (χ4v) is 2.58. The van der Waals surface area contributed by atoms with Crippen molar-refractivity contribution in [1.29, 1.82) is 0 Å². The van der Waals surface area contributed by atoms with Crippen molar-refractivity contribution in [2.24, 2.45) is 5.10 Å². The standard InChI is InChI=1S/C19H22ClN3O3/c1-4-15(22-16-7-6-14(20)9-12(16)2)19(25)23-21-11-13-5-8-17(24)18(10-13)26-3/h5-11,15,22,24H,4H2,1-3H3,(H,23,25)/t15-/m0/s1. The molecule has 0 heterocycles. The number of carbonyl (C=O) groups excluding carboxylic acids is 1. The normalized spacial score (nSPS) is 12.0. The molecule has 0 saturated carbocycles. The number of carbonyl (C=O) groups is 1. The highest BCUT2D eigenvalue weighted by molar-refractivity contribution is 6.30. The highest BCUT2D eigenvalue weighted by Gasteiger charge is 2.16. The molecule has 2 aromatic rings. The Balaban J connectivity index is 2.00. The molecule has 0 fully saturated rings. The highest BCUT2D eigenvalue weighted by atomic mass is 35.5. The lowest BCUT2D eigenvalue weighted by Crippen LogP contribution is -2.37. The summed E-state index contributed by atoms with van der Waals surface area (Å²) in [5, 5.41) is 17.4. The summed E-state index contributed by atoms with van der Waals surface area (Å²) in [6.07, 6.45) is 2.08. The topological polar surface area (TPSA) is 83.0 Å². The van der Waals surface area contributed by atoms with E-state index in [0.717, 1.165) is 11.3 Å². The minimum Gasteiger partial charge on any atom is -0.504 e. The Hall–Kier alpha value is -2.73. The second kappa shape index (κ2) is 9.10. The predicted octanol–water partition coefficient (Wildman–Crippen LogP) is 3.70. The van der Waals surface area contributed by atoms with Crippen molar-refractivity contribution in [2.75, 3.05) is 12.4 Å². The molecule has 0 radical (unpaired) electrons. The molecule has 0 aliphatic carbocycles. The smallest absolute Gasteiger partial charge is 0.262 e. The zero-order valence-electron chi connectivity index (χ0n) is 14.9. The molecule has 1 atom stereocenters. The Morgan fingerprint density at radius 2 is 2.12 bits per heavy atom. The van der Waals surface area contributed by atoms with Crippen molar-refractivity contribution in [3.05, 3.63) is 52.5 Å². The number of aromatic hydroxyl groups is 1.